The molecule has 0 unspecified atom stereocenters. The highest BCUT2D eigenvalue weighted by molar-refractivity contribution is 5.85. The van der Waals surface area contributed by atoms with E-state index in [4.69, 9.17) is 15.5 Å². The van der Waals surface area contributed by atoms with Crippen molar-refractivity contribution in [3.63, 3.8) is 0 Å². The molecule has 4 aromatic rings. The van der Waals surface area contributed by atoms with Crippen LogP contribution in [0.2, 0.25) is 0 Å². The number of rotatable bonds is 5. The minimum absolute atomic E-state index is 0.239. The van der Waals surface area contributed by atoms with Crippen LogP contribution in [0.3, 0.4) is 0 Å². The standard InChI is InChI=1S/C28H32FN7O/c1-34-13-15-35(16-14-34)20-9-7-19(8-10-20)28-33-25(26-27(30)31-18-32-36(26)28)23-12-11-22(17-24(23)29)37-21-5-3-2-4-6-21/h2-6,11-12,17-20H,7-10,13-16H2,1H3,(H2,30,31,32)/t19-,20+. The molecule has 1 aliphatic heterocycles. The molecular weight excluding hydrogens is 469 g/mol. The highest BCUT2D eigenvalue weighted by Gasteiger charge is 2.32. The van der Waals surface area contributed by atoms with Gasteiger partial charge >= 0.3 is 0 Å². The summed E-state index contributed by atoms with van der Waals surface area (Å²) in [7, 11) is 2.19. The van der Waals surface area contributed by atoms with Crippen LogP contribution in [0.15, 0.2) is 54.9 Å². The molecule has 192 valence electrons. The van der Waals surface area contributed by atoms with Gasteiger partial charge in [-0.25, -0.2) is 18.9 Å². The van der Waals surface area contributed by atoms with Gasteiger partial charge in [-0.15, -0.1) is 0 Å². The number of piperazine rings is 1. The second kappa shape index (κ2) is 10.1. The summed E-state index contributed by atoms with van der Waals surface area (Å²) in [6.45, 7) is 4.53. The van der Waals surface area contributed by atoms with Gasteiger partial charge in [-0.2, -0.15) is 5.10 Å². The molecule has 2 aromatic carbocycles. The Labute approximate surface area is 215 Å². The Morgan fingerprint density at radius 1 is 0.946 bits per heavy atom. The Kier molecular flexibility index (Phi) is 6.48. The van der Waals surface area contributed by atoms with Crippen molar-refractivity contribution < 1.29 is 9.13 Å². The van der Waals surface area contributed by atoms with Crippen molar-refractivity contribution in [1.29, 1.82) is 0 Å². The molecule has 9 heteroatoms. The normalized spacial score (nSPS) is 21.4. The third-order valence-corrected chi connectivity index (χ3v) is 7.78. The van der Waals surface area contributed by atoms with E-state index < -0.39 is 5.82 Å². The molecule has 0 amide bonds. The average molecular weight is 502 g/mol. The van der Waals surface area contributed by atoms with E-state index in [0.717, 1.165) is 57.7 Å². The van der Waals surface area contributed by atoms with Gasteiger partial charge in [-0.3, -0.25) is 4.90 Å². The van der Waals surface area contributed by atoms with Gasteiger partial charge in [-0.1, -0.05) is 18.2 Å². The van der Waals surface area contributed by atoms with Crippen molar-refractivity contribution in [2.45, 2.75) is 37.6 Å². The van der Waals surface area contributed by atoms with Gasteiger partial charge < -0.3 is 15.4 Å². The molecule has 1 saturated carbocycles. The number of nitrogens with zero attached hydrogens (tertiary/aromatic N) is 6. The second-order valence-electron chi connectivity index (χ2n) is 10.1. The molecule has 37 heavy (non-hydrogen) atoms. The Bertz CT molecular complexity index is 1380. The number of para-hydroxylation sites is 1. The van der Waals surface area contributed by atoms with E-state index in [1.54, 1.807) is 16.6 Å². The number of nitrogens with two attached hydrogens (primary N) is 1. The van der Waals surface area contributed by atoms with Crippen molar-refractivity contribution >= 4 is 11.3 Å². The highest BCUT2D eigenvalue weighted by atomic mass is 19.1. The molecule has 1 aliphatic carbocycles. The quantitative estimate of drug-likeness (QED) is 0.429. The zero-order valence-electron chi connectivity index (χ0n) is 21.1. The zero-order chi connectivity index (χ0) is 25.4. The maximum atomic E-state index is 15.4. The first kappa shape index (κ1) is 23.8. The Morgan fingerprint density at radius 3 is 2.43 bits per heavy atom. The number of aromatic nitrogens is 4. The summed E-state index contributed by atoms with van der Waals surface area (Å²) in [5, 5.41) is 4.48. The highest BCUT2D eigenvalue weighted by Crippen LogP contribution is 2.39. The van der Waals surface area contributed by atoms with Crippen LogP contribution < -0.4 is 10.5 Å². The van der Waals surface area contributed by atoms with Crippen molar-refractivity contribution in [3.8, 4) is 22.8 Å². The minimum Gasteiger partial charge on any atom is -0.457 e. The van der Waals surface area contributed by atoms with Crippen LogP contribution in [-0.4, -0.2) is 68.7 Å². The van der Waals surface area contributed by atoms with E-state index in [1.165, 1.54) is 12.4 Å². The topological polar surface area (TPSA) is 84.8 Å². The number of imidazole rings is 1. The number of benzene rings is 2. The summed E-state index contributed by atoms with van der Waals surface area (Å²) < 4.78 is 23.0. The number of ether oxygens (including phenoxy) is 1. The molecular formula is C28H32FN7O. The van der Waals surface area contributed by atoms with E-state index in [9.17, 15) is 0 Å². The molecule has 2 fully saturated rings. The fourth-order valence-electron chi connectivity index (χ4n) is 5.69. The number of fused-ring (bicyclic) bond motifs is 1. The van der Waals surface area contributed by atoms with Gasteiger partial charge in [0, 0.05) is 49.8 Å². The lowest BCUT2D eigenvalue weighted by atomic mass is 9.84. The largest absolute Gasteiger partial charge is 0.457 e. The van der Waals surface area contributed by atoms with Gasteiger partial charge in [0.1, 0.15) is 40.7 Å². The van der Waals surface area contributed by atoms with Gasteiger partial charge in [-0.05, 0) is 57.0 Å². The van der Waals surface area contributed by atoms with Crippen molar-refractivity contribution in [1.82, 2.24) is 29.4 Å². The monoisotopic (exact) mass is 501 g/mol. The molecule has 0 bridgehead atoms. The fraction of sp³-hybridized carbons (Fsp3) is 0.393. The van der Waals surface area contributed by atoms with Gasteiger partial charge in [0.15, 0.2) is 5.82 Å². The average Bonchev–Trinajstić information content (AvgIpc) is 3.31. The van der Waals surface area contributed by atoms with Gasteiger partial charge in [0.2, 0.25) is 0 Å². The number of nitrogen functional groups attached to an aromatic ring is 1. The van der Waals surface area contributed by atoms with Gasteiger partial charge in [0.25, 0.3) is 0 Å². The van der Waals surface area contributed by atoms with E-state index in [2.05, 4.69) is 26.9 Å². The smallest absolute Gasteiger partial charge is 0.153 e. The lowest BCUT2D eigenvalue weighted by Crippen LogP contribution is -2.49. The van der Waals surface area contributed by atoms with Crippen LogP contribution in [0.5, 0.6) is 11.5 Å². The Hall–Kier alpha value is -3.56. The molecule has 0 spiro atoms. The van der Waals surface area contributed by atoms with Crippen LogP contribution in [0.4, 0.5) is 10.2 Å². The predicted molar refractivity (Wildman–Crippen MR) is 141 cm³/mol. The first-order chi connectivity index (χ1) is 18.1. The van der Waals surface area contributed by atoms with E-state index in [1.807, 2.05) is 30.3 Å². The third kappa shape index (κ3) is 4.76. The van der Waals surface area contributed by atoms with E-state index in [0.29, 0.717) is 40.1 Å². The first-order valence-electron chi connectivity index (χ1n) is 13.0. The summed E-state index contributed by atoms with van der Waals surface area (Å²) in [6, 6.07) is 14.8. The van der Waals surface area contributed by atoms with Gasteiger partial charge in [0.05, 0.1) is 0 Å². The number of anilines is 1. The maximum Gasteiger partial charge on any atom is 0.153 e. The van der Waals surface area contributed by atoms with Crippen LogP contribution in [-0.2, 0) is 0 Å². The van der Waals surface area contributed by atoms with Crippen molar-refractivity contribution in [2.24, 2.45) is 0 Å². The van der Waals surface area contributed by atoms with E-state index in [-0.39, 0.29) is 5.92 Å². The van der Waals surface area contributed by atoms with E-state index >= 15 is 4.39 Å². The summed E-state index contributed by atoms with van der Waals surface area (Å²) in [5.41, 5.74) is 7.66. The number of hydrogen-bond acceptors (Lipinski definition) is 7. The van der Waals surface area contributed by atoms with Crippen molar-refractivity contribution in [3.05, 3.63) is 66.5 Å². The molecule has 0 radical (unpaired) electrons. The lowest BCUT2D eigenvalue weighted by molar-refractivity contribution is 0.0872. The summed E-state index contributed by atoms with van der Waals surface area (Å²) in [6.07, 6.45) is 5.73. The molecule has 1 saturated heterocycles. The second-order valence-corrected chi connectivity index (χ2v) is 10.1. The van der Waals surface area contributed by atoms with Crippen LogP contribution in [0, 0.1) is 5.82 Å². The Morgan fingerprint density at radius 2 is 1.70 bits per heavy atom. The molecule has 2 aliphatic rings. The maximum absolute atomic E-state index is 15.4. The van der Waals surface area contributed by atoms with Crippen LogP contribution in [0.25, 0.3) is 16.8 Å². The molecule has 6 rings (SSSR count). The number of hydrogen-bond donors (Lipinski definition) is 1. The van der Waals surface area contributed by atoms with Crippen LogP contribution >= 0.6 is 0 Å². The lowest BCUT2D eigenvalue weighted by Gasteiger charge is -2.40. The summed E-state index contributed by atoms with van der Waals surface area (Å²) >= 11 is 0. The minimum atomic E-state index is -0.429. The number of halogens is 1. The summed E-state index contributed by atoms with van der Waals surface area (Å²) in [4.78, 5) is 14.2. The number of likely N-dealkylation sites (N-methyl/N-ethyl adjacent to an activating group) is 1. The van der Waals surface area contributed by atoms with Crippen molar-refractivity contribution in [2.75, 3.05) is 39.0 Å². The third-order valence-electron chi connectivity index (χ3n) is 7.78. The fourth-order valence-corrected chi connectivity index (χ4v) is 5.69. The van der Waals surface area contributed by atoms with Crippen LogP contribution in [0.1, 0.15) is 37.4 Å². The predicted octanol–water partition coefficient (Wildman–Crippen LogP) is 4.58. The molecule has 2 N–H and O–H groups in total. The first-order valence-corrected chi connectivity index (χ1v) is 13.0. The zero-order valence-corrected chi connectivity index (χ0v) is 21.1. The Balaban J connectivity index is 1.27. The molecule has 8 nitrogen and oxygen atoms in total. The molecule has 0 atom stereocenters. The summed E-state index contributed by atoms with van der Waals surface area (Å²) in [5.74, 6) is 2.00. The SMILES string of the molecule is CN1CCN([C@H]2CC[C@@H](c3nc(-c4ccc(Oc5ccccc5)cc4F)c4c(N)ncnn43)CC2)CC1. The molecule has 3 heterocycles. The molecule has 2 aromatic heterocycles.